The molecule has 20 nitrogen and oxygen atoms in total. The van der Waals surface area contributed by atoms with Gasteiger partial charge in [-0.15, -0.1) is 0 Å². The number of carbonyl (C=O) groups excluding carboxylic acids is 2. The van der Waals surface area contributed by atoms with E-state index in [9.17, 15) is 60.0 Å². The van der Waals surface area contributed by atoms with Crippen LogP contribution in [0.2, 0.25) is 0 Å². The Morgan fingerprint density at radius 3 is 2.02 bits per heavy atom. The average molecular weight is 831 g/mol. The summed E-state index contributed by atoms with van der Waals surface area (Å²) in [7, 11) is 0. The van der Waals surface area contributed by atoms with Crippen molar-refractivity contribution >= 4 is 11.8 Å². The minimum atomic E-state index is -1.85. The number of amides is 2. The van der Waals surface area contributed by atoms with Gasteiger partial charge >= 0.3 is 5.69 Å². The van der Waals surface area contributed by atoms with Crippen molar-refractivity contribution in [3.8, 4) is 0 Å². The molecule has 3 saturated heterocycles. The maximum atomic E-state index is 13.1. The Labute approximate surface area is 335 Å². The first kappa shape index (κ1) is 47.6. The number of aromatic amines is 1. The fourth-order valence-electron chi connectivity index (χ4n) is 7.45. The van der Waals surface area contributed by atoms with Gasteiger partial charge < -0.3 is 70.4 Å². The fourth-order valence-corrected chi connectivity index (χ4v) is 7.45. The molecule has 1 aromatic rings. The largest absolute Gasteiger partial charge is 0.394 e. The maximum absolute atomic E-state index is 13.1. The molecule has 2 unspecified atom stereocenters. The van der Waals surface area contributed by atoms with E-state index in [0.29, 0.717) is 12.3 Å². The van der Waals surface area contributed by atoms with Gasteiger partial charge in [-0.3, -0.25) is 23.9 Å². The lowest BCUT2D eigenvalue weighted by Gasteiger charge is -2.47. The van der Waals surface area contributed by atoms with E-state index in [1.54, 1.807) is 6.08 Å². The third kappa shape index (κ3) is 12.7. The highest BCUT2D eigenvalue weighted by Gasteiger charge is 2.53. The summed E-state index contributed by atoms with van der Waals surface area (Å²) >= 11 is 0. The summed E-state index contributed by atoms with van der Waals surface area (Å²) in [6.07, 6.45) is -8.97. The van der Waals surface area contributed by atoms with Crippen LogP contribution in [0.4, 0.5) is 0 Å². The van der Waals surface area contributed by atoms with Gasteiger partial charge in [-0.1, -0.05) is 64.9 Å². The topological polar surface area (TPSA) is 312 Å². The van der Waals surface area contributed by atoms with Crippen LogP contribution in [0.5, 0.6) is 0 Å². The molecule has 330 valence electrons. The summed E-state index contributed by atoms with van der Waals surface area (Å²) in [5.41, 5.74) is -1.68. The number of aliphatic hydroxyl groups excluding tert-OH is 8. The molecule has 4 heterocycles. The predicted octanol–water partition coefficient (Wildman–Crippen LogP) is -2.48. The molecule has 0 aliphatic carbocycles. The third-order valence-electron chi connectivity index (χ3n) is 10.7. The second kappa shape index (κ2) is 22.5. The smallest absolute Gasteiger partial charge is 0.330 e. The molecule has 4 rings (SSSR count). The number of unbranched alkanes of at least 4 members (excludes halogenated alkanes) is 7. The predicted molar refractivity (Wildman–Crippen MR) is 202 cm³/mol. The third-order valence-corrected chi connectivity index (χ3v) is 10.7. The summed E-state index contributed by atoms with van der Waals surface area (Å²) in [5.74, 6) is -0.641. The summed E-state index contributed by atoms with van der Waals surface area (Å²) < 4.78 is 24.1. The molecular formula is C38H62N4O16. The molecule has 0 radical (unpaired) electrons. The molecule has 2 amide bonds. The fraction of sp³-hybridized carbons (Fsp3) is 0.789. The lowest BCUT2D eigenvalue weighted by atomic mass is 9.91. The van der Waals surface area contributed by atoms with Crippen LogP contribution in [0.1, 0.15) is 91.2 Å². The molecular weight excluding hydrogens is 768 g/mol. The van der Waals surface area contributed by atoms with Gasteiger partial charge in [0.2, 0.25) is 11.8 Å². The Balaban J connectivity index is 1.46. The normalized spacial score (nSPS) is 34.7. The van der Waals surface area contributed by atoms with Crippen molar-refractivity contribution in [2.75, 3.05) is 6.61 Å². The van der Waals surface area contributed by atoms with Gasteiger partial charge in [-0.2, -0.15) is 0 Å². The first-order valence-corrected chi connectivity index (χ1v) is 20.1. The summed E-state index contributed by atoms with van der Waals surface area (Å²) in [4.78, 5) is 51.1. The van der Waals surface area contributed by atoms with Crippen molar-refractivity contribution in [1.29, 1.82) is 0 Å². The van der Waals surface area contributed by atoms with Crippen LogP contribution < -0.4 is 21.9 Å². The number of carbonyl (C=O) groups is 2. The molecule has 3 aliphatic rings. The quantitative estimate of drug-likeness (QED) is 0.0479. The first-order valence-electron chi connectivity index (χ1n) is 20.1. The summed E-state index contributed by atoms with van der Waals surface area (Å²) in [6.45, 7) is 4.78. The van der Waals surface area contributed by atoms with Crippen LogP contribution in [0.25, 0.3) is 0 Å². The van der Waals surface area contributed by atoms with E-state index < -0.39 is 128 Å². The summed E-state index contributed by atoms with van der Waals surface area (Å²) in [5, 5.41) is 91.4. The number of ether oxygens (including phenoxy) is 4. The Bertz CT molecular complexity index is 1590. The molecule has 0 spiro atoms. The SMILES string of the molecule is CC(=O)N[C@@H]1[C@H](O[C@@H]2O[C@H](CC(O)C3O[C@@H](n4ccc(=O)[nH]c4=O)[C@H](O)[C@@H]3O)[C@H](O)[C@H](O)[C@H]2NC(=O)/C=C\CCCCCCCCCC(C)C)O[C@@H](CO)[C@H](O)[C@H]1O. The van der Waals surface area contributed by atoms with Gasteiger partial charge in [-0.05, 0) is 24.8 Å². The van der Waals surface area contributed by atoms with Crippen LogP contribution in [-0.4, -0.2) is 155 Å². The molecule has 11 N–H and O–H groups in total. The van der Waals surface area contributed by atoms with Crippen LogP contribution >= 0.6 is 0 Å². The average Bonchev–Trinajstić information content (AvgIpc) is 3.46. The molecule has 3 fully saturated rings. The number of aliphatic hydroxyl groups is 8. The number of allylic oxidation sites excluding steroid dienone is 1. The van der Waals surface area contributed by atoms with Gasteiger partial charge in [0.25, 0.3) is 5.56 Å². The highest BCUT2D eigenvalue weighted by Crippen LogP contribution is 2.34. The van der Waals surface area contributed by atoms with Gasteiger partial charge in [0.05, 0.1) is 18.8 Å². The Morgan fingerprint density at radius 2 is 1.41 bits per heavy atom. The monoisotopic (exact) mass is 830 g/mol. The number of hydrogen-bond acceptors (Lipinski definition) is 16. The molecule has 3 aliphatic heterocycles. The van der Waals surface area contributed by atoms with E-state index in [4.69, 9.17) is 18.9 Å². The van der Waals surface area contributed by atoms with E-state index in [2.05, 4.69) is 24.5 Å². The van der Waals surface area contributed by atoms with E-state index >= 15 is 0 Å². The van der Waals surface area contributed by atoms with Crippen LogP contribution in [-0.2, 0) is 28.5 Å². The van der Waals surface area contributed by atoms with Crippen molar-refractivity contribution in [3.63, 3.8) is 0 Å². The molecule has 58 heavy (non-hydrogen) atoms. The van der Waals surface area contributed by atoms with Crippen molar-refractivity contribution in [3.05, 3.63) is 45.3 Å². The molecule has 0 aromatic carbocycles. The number of rotatable bonds is 20. The maximum Gasteiger partial charge on any atom is 0.330 e. The number of H-pyrrole nitrogens is 1. The lowest BCUT2D eigenvalue weighted by Crippen LogP contribution is -2.68. The van der Waals surface area contributed by atoms with E-state index in [0.717, 1.165) is 49.4 Å². The standard InChI is InChI=1S/C38H62N4O16/c1-19(2)13-11-9-7-5-4-6-8-10-12-14-24(46)40-27-31(51)28(48)22(55-37(27)58-36-26(39-20(3)44)30(50)29(49)23(18-43)56-36)17-21(45)34-32(52)33(53)35(57-34)42-16-15-25(47)41-38(42)54/h12,14-16,19,21-23,26-37,43,45,48-53H,4-11,13,17-18H2,1-3H3,(H,39,44)(H,40,46)(H,41,47,54)/b14-12-/t21?,22-,23+,26+,27-,28+,29+,30+,31-,32+,33-,34?,35-,36+,37+/m1/s1. The van der Waals surface area contributed by atoms with E-state index in [1.165, 1.54) is 31.8 Å². The van der Waals surface area contributed by atoms with Gasteiger partial charge in [0, 0.05) is 25.6 Å². The Kier molecular flexibility index (Phi) is 18.4. The number of nitrogens with zero attached hydrogens (tertiary/aromatic N) is 1. The number of nitrogens with one attached hydrogen (secondary N) is 3. The highest BCUT2D eigenvalue weighted by molar-refractivity contribution is 5.87. The Morgan fingerprint density at radius 1 is 0.828 bits per heavy atom. The zero-order chi connectivity index (χ0) is 42.7. The zero-order valence-electron chi connectivity index (χ0n) is 33.1. The second-order valence-electron chi connectivity index (χ2n) is 15.8. The first-order chi connectivity index (χ1) is 27.5. The molecule has 0 saturated carbocycles. The number of aromatic nitrogens is 2. The van der Waals surface area contributed by atoms with Crippen LogP contribution in [0.3, 0.4) is 0 Å². The minimum absolute atomic E-state index is 0.598. The van der Waals surface area contributed by atoms with Crippen molar-refractivity contribution in [2.24, 2.45) is 5.92 Å². The minimum Gasteiger partial charge on any atom is -0.394 e. The molecule has 1 aromatic heterocycles. The second-order valence-corrected chi connectivity index (χ2v) is 15.8. The molecule has 20 heteroatoms. The van der Waals surface area contributed by atoms with Gasteiger partial charge in [0.15, 0.2) is 18.8 Å². The van der Waals surface area contributed by atoms with E-state index in [1.807, 2.05) is 4.98 Å². The van der Waals surface area contributed by atoms with Crippen molar-refractivity contribution < 1.29 is 69.4 Å². The lowest BCUT2D eigenvalue weighted by molar-refractivity contribution is -0.346. The summed E-state index contributed by atoms with van der Waals surface area (Å²) in [6, 6.07) is -2.01. The molecule has 0 bridgehead atoms. The van der Waals surface area contributed by atoms with Crippen molar-refractivity contribution in [2.45, 2.75) is 177 Å². The van der Waals surface area contributed by atoms with Gasteiger partial charge in [-0.25, -0.2) is 4.79 Å². The number of hydrogen-bond donors (Lipinski definition) is 11. The van der Waals surface area contributed by atoms with E-state index in [-0.39, 0.29) is 0 Å². The highest BCUT2D eigenvalue weighted by atomic mass is 16.8. The van der Waals surface area contributed by atoms with Gasteiger partial charge in [0.1, 0.15) is 60.9 Å². The molecule has 15 atom stereocenters. The zero-order valence-corrected chi connectivity index (χ0v) is 33.1. The van der Waals surface area contributed by atoms with Crippen LogP contribution in [0, 0.1) is 5.92 Å². The van der Waals surface area contributed by atoms with Crippen LogP contribution in [0.15, 0.2) is 34.0 Å². The van der Waals surface area contributed by atoms with Crippen molar-refractivity contribution in [1.82, 2.24) is 20.2 Å². The Hall–Kier alpha value is -3.12.